The number of rotatable bonds is 4. The zero-order valence-corrected chi connectivity index (χ0v) is 13.7. The molecule has 0 spiro atoms. The Morgan fingerprint density at radius 2 is 1.96 bits per heavy atom. The van der Waals surface area contributed by atoms with E-state index < -0.39 is 28.1 Å². The van der Waals surface area contributed by atoms with E-state index in [0.717, 1.165) is 0 Å². The van der Waals surface area contributed by atoms with Gasteiger partial charge in [-0.15, -0.1) is 0 Å². The van der Waals surface area contributed by atoms with Crippen molar-refractivity contribution in [2.24, 2.45) is 0 Å². The van der Waals surface area contributed by atoms with E-state index in [9.17, 15) is 19.5 Å². The fraction of sp³-hybridized carbons (Fsp3) is 0.312. The maximum Gasteiger partial charge on any atom is 0.347 e. The predicted molar refractivity (Wildman–Crippen MR) is 86.4 cm³/mol. The van der Waals surface area contributed by atoms with E-state index in [1.54, 1.807) is 26.8 Å². The minimum absolute atomic E-state index is 0.0706. The number of carbonyl (C=O) groups excluding carboxylic acids is 2. The summed E-state index contributed by atoms with van der Waals surface area (Å²) >= 11 is 5.54. The van der Waals surface area contributed by atoms with Crippen LogP contribution in [-0.4, -0.2) is 27.5 Å². The summed E-state index contributed by atoms with van der Waals surface area (Å²) in [7, 11) is 0. The molecule has 0 aliphatic heterocycles. The second kappa shape index (κ2) is 6.42. The third-order valence-electron chi connectivity index (χ3n) is 3.59. The average molecular weight is 338 g/mol. The van der Waals surface area contributed by atoms with Gasteiger partial charge in [-0.05, 0) is 50.1 Å². The number of carbonyl (C=O) groups is 2. The molecule has 7 heteroatoms. The molecule has 0 amide bonds. The van der Waals surface area contributed by atoms with Crippen LogP contribution in [0.15, 0.2) is 16.9 Å². The summed E-state index contributed by atoms with van der Waals surface area (Å²) in [6, 6.07) is 2.97. The molecule has 0 atom stereocenters. The number of hydrogen-bond acceptors (Lipinski definition) is 5. The van der Waals surface area contributed by atoms with Crippen LogP contribution in [0.2, 0.25) is 0 Å². The molecular formula is C16H16ClNO5. The molecule has 2 rings (SSSR count). The lowest BCUT2D eigenvalue weighted by Crippen LogP contribution is -2.27. The van der Waals surface area contributed by atoms with Crippen LogP contribution in [-0.2, 0) is 11.3 Å². The van der Waals surface area contributed by atoms with Crippen LogP contribution in [0.1, 0.15) is 40.1 Å². The van der Waals surface area contributed by atoms with Crippen molar-refractivity contribution in [3.8, 4) is 5.75 Å². The molecule has 0 saturated carbocycles. The molecule has 0 aliphatic carbocycles. The average Bonchev–Trinajstić information content (AvgIpc) is 2.47. The standard InChI is InChI=1S/C16H16ClNO5/c1-4-18-11-6-8(3)9(14(17)20)7-10(11)13(19)12(15(18)21)16(22)23-5-2/h6-7,19H,4-5H2,1-3H3. The normalized spacial score (nSPS) is 10.8. The van der Waals surface area contributed by atoms with E-state index >= 15 is 0 Å². The number of esters is 1. The highest BCUT2D eigenvalue weighted by atomic mass is 35.5. The van der Waals surface area contributed by atoms with Crippen molar-refractivity contribution in [1.82, 2.24) is 4.57 Å². The number of hydrogen-bond donors (Lipinski definition) is 1. The molecule has 23 heavy (non-hydrogen) atoms. The summed E-state index contributed by atoms with van der Waals surface area (Å²) in [6.45, 7) is 5.37. The molecule has 122 valence electrons. The molecule has 1 aromatic heterocycles. The monoisotopic (exact) mass is 337 g/mol. The first-order chi connectivity index (χ1) is 10.8. The second-order valence-corrected chi connectivity index (χ2v) is 5.29. The molecule has 0 radical (unpaired) electrons. The molecule has 0 saturated heterocycles. The zero-order valence-electron chi connectivity index (χ0n) is 13.0. The molecule has 0 fully saturated rings. The van der Waals surface area contributed by atoms with Gasteiger partial charge in [0.25, 0.3) is 10.8 Å². The van der Waals surface area contributed by atoms with Gasteiger partial charge in [-0.3, -0.25) is 9.59 Å². The Morgan fingerprint density at radius 1 is 1.30 bits per heavy atom. The first-order valence-corrected chi connectivity index (χ1v) is 7.48. The lowest BCUT2D eigenvalue weighted by Gasteiger charge is -2.14. The van der Waals surface area contributed by atoms with Crippen LogP contribution in [0, 0.1) is 6.92 Å². The third-order valence-corrected chi connectivity index (χ3v) is 3.80. The number of aromatic nitrogens is 1. The fourth-order valence-corrected chi connectivity index (χ4v) is 2.70. The van der Waals surface area contributed by atoms with Crippen molar-refractivity contribution in [2.75, 3.05) is 6.61 Å². The lowest BCUT2D eigenvalue weighted by atomic mass is 10.0. The minimum atomic E-state index is -0.904. The third kappa shape index (κ3) is 2.82. The first-order valence-electron chi connectivity index (χ1n) is 7.10. The molecule has 1 N–H and O–H groups in total. The Hall–Kier alpha value is -2.34. The van der Waals surface area contributed by atoms with E-state index in [-0.39, 0.29) is 24.1 Å². The molecule has 0 unspecified atom stereocenters. The summed E-state index contributed by atoms with van der Waals surface area (Å²) in [4.78, 5) is 36.0. The van der Waals surface area contributed by atoms with Crippen molar-refractivity contribution in [3.63, 3.8) is 0 Å². The van der Waals surface area contributed by atoms with Gasteiger partial charge in [0.1, 0.15) is 5.75 Å². The quantitative estimate of drug-likeness (QED) is 0.684. The first kappa shape index (κ1) is 17.0. The smallest absolute Gasteiger partial charge is 0.347 e. The van der Waals surface area contributed by atoms with Crippen LogP contribution >= 0.6 is 11.6 Å². The molecule has 2 aromatic rings. The summed E-state index contributed by atoms with van der Waals surface area (Å²) in [5.74, 6) is -1.41. The summed E-state index contributed by atoms with van der Waals surface area (Å²) in [5.41, 5.74) is 0.105. The van der Waals surface area contributed by atoms with E-state index in [1.807, 2.05) is 0 Å². The molecule has 6 nitrogen and oxygen atoms in total. The number of halogens is 1. The summed E-state index contributed by atoms with van der Waals surface area (Å²) in [5, 5.41) is 9.89. The molecular weight excluding hydrogens is 322 g/mol. The fourth-order valence-electron chi connectivity index (χ4n) is 2.50. The Kier molecular flexibility index (Phi) is 4.75. The largest absolute Gasteiger partial charge is 0.506 e. The number of nitrogens with zero attached hydrogens (tertiary/aromatic N) is 1. The van der Waals surface area contributed by atoms with Crippen LogP contribution in [0.4, 0.5) is 0 Å². The highest BCUT2D eigenvalue weighted by Gasteiger charge is 2.24. The van der Waals surface area contributed by atoms with Crippen molar-refractivity contribution in [2.45, 2.75) is 27.3 Å². The zero-order chi connectivity index (χ0) is 17.3. The van der Waals surface area contributed by atoms with Gasteiger partial charge in [0.15, 0.2) is 5.56 Å². The maximum absolute atomic E-state index is 12.5. The Morgan fingerprint density at radius 3 is 2.48 bits per heavy atom. The minimum Gasteiger partial charge on any atom is -0.506 e. The SMILES string of the molecule is CCOC(=O)c1c(O)c2cc(C(=O)Cl)c(C)cc2n(CC)c1=O. The topological polar surface area (TPSA) is 85.6 Å². The van der Waals surface area contributed by atoms with Gasteiger partial charge in [-0.1, -0.05) is 0 Å². The number of fused-ring (bicyclic) bond motifs is 1. The Balaban J connectivity index is 2.96. The van der Waals surface area contributed by atoms with Crippen molar-refractivity contribution in [1.29, 1.82) is 0 Å². The molecule has 1 aromatic carbocycles. The number of aryl methyl sites for hydroxylation is 2. The van der Waals surface area contributed by atoms with Gasteiger partial charge in [-0.25, -0.2) is 4.79 Å². The molecule has 0 bridgehead atoms. The van der Waals surface area contributed by atoms with Gasteiger partial charge in [0.05, 0.1) is 12.1 Å². The highest BCUT2D eigenvalue weighted by Crippen LogP contribution is 2.30. The van der Waals surface area contributed by atoms with Gasteiger partial charge in [0, 0.05) is 17.5 Å². The molecule has 1 heterocycles. The van der Waals surface area contributed by atoms with Crippen LogP contribution in [0.3, 0.4) is 0 Å². The van der Waals surface area contributed by atoms with E-state index in [1.165, 1.54) is 10.6 Å². The number of aromatic hydroxyl groups is 1. The predicted octanol–water partition coefficient (Wildman–Crippen LogP) is 2.59. The van der Waals surface area contributed by atoms with Crippen molar-refractivity contribution < 1.29 is 19.4 Å². The van der Waals surface area contributed by atoms with E-state index in [4.69, 9.17) is 16.3 Å². The van der Waals surface area contributed by atoms with Crippen molar-refractivity contribution in [3.05, 3.63) is 39.2 Å². The number of pyridine rings is 1. The van der Waals surface area contributed by atoms with Gasteiger partial charge in [-0.2, -0.15) is 0 Å². The highest BCUT2D eigenvalue weighted by molar-refractivity contribution is 6.68. The van der Waals surface area contributed by atoms with Gasteiger partial charge in [0.2, 0.25) is 0 Å². The lowest BCUT2D eigenvalue weighted by molar-refractivity contribution is 0.0520. The van der Waals surface area contributed by atoms with Crippen molar-refractivity contribution >= 4 is 33.7 Å². The number of ether oxygens (including phenoxy) is 1. The van der Waals surface area contributed by atoms with Crippen LogP contribution in [0.25, 0.3) is 10.9 Å². The van der Waals surface area contributed by atoms with E-state index in [0.29, 0.717) is 11.1 Å². The second-order valence-electron chi connectivity index (χ2n) is 4.95. The van der Waals surface area contributed by atoms with Crippen LogP contribution in [0.5, 0.6) is 5.75 Å². The van der Waals surface area contributed by atoms with Crippen LogP contribution < -0.4 is 5.56 Å². The number of benzene rings is 1. The summed E-state index contributed by atoms with van der Waals surface area (Å²) in [6.07, 6.45) is 0. The van der Waals surface area contributed by atoms with Gasteiger partial charge >= 0.3 is 5.97 Å². The maximum atomic E-state index is 12.5. The van der Waals surface area contributed by atoms with Gasteiger partial charge < -0.3 is 14.4 Å². The van der Waals surface area contributed by atoms with E-state index in [2.05, 4.69) is 0 Å². The Bertz CT molecular complexity index is 869. The Labute approximate surface area is 137 Å². The molecule has 0 aliphatic rings. The summed E-state index contributed by atoms with van der Waals surface area (Å²) < 4.78 is 6.18.